The monoisotopic (exact) mass is 340 g/mol. The van der Waals surface area contributed by atoms with Crippen LogP contribution in [0.4, 0.5) is 5.69 Å². The van der Waals surface area contributed by atoms with Gasteiger partial charge >= 0.3 is 5.97 Å². The fraction of sp³-hybridized carbons (Fsp3) is 0.429. The van der Waals surface area contributed by atoms with Gasteiger partial charge in [0.25, 0.3) is 5.91 Å². The molecule has 1 aromatic rings. The third-order valence-electron chi connectivity index (χ3n) is 3.98. The van der Waals surface area contributed by atoms with Crippen molar-refractivity contribution < 1.29 is 27.9 Å². The first-order valence-corrected chi connectivity index (χ1v) is 8.61. The van der Waals surface area contributed by atoms with E-state index < -0.39 is 28.1 Å². The summed E-state index contributed by atoms with van der Waals surface area (Å²) in [6.45, 7) is 1.75. The topological polar surface area (TPSA) is 113 Å². The van der Waals surface area contributed by atoms with Crippen molar-refractivity contribution in [2.75, 3.05) is 11.9 Å². The molecular weight excluding hydrogens is 324 g/mol. The van der Waals surface area contributed by atoms with E-state index in [4.69, 9.17) is 9.84 Å². The Morgan fingerprint density at radius 3 is 2.87 bits per heavy atom. The summed E-state index contributed by atoms with van der Waals surface area (Å²) >= 11 is 0. The average molecular weight is 340 g/mol. The van der Waals surface area contributed by atoms with Crippen LogP contribution in [0.2, 0.25) is 0 Å². The van der Waals surface area contributed by atoms with E-state index in [9.17, 15) is 18.0 Å². The van der Waals surface area contributed by atoms with Crippen LogP contribution in [0.1, 0.15) is 19.8 Å². The van der Waals surface area contributed by atoms with Gasteiger partial charge in [0.1, 0.15) is 11.8 Å². The summed E-state index contributed by atoms with van der Waals surface area (Å²) in [4.78, 5) is 22.8. The van der Waals surface area contributed by atoms with Gasteiger partial charge in [0.05, 0.1) is 10.6 Å². The van der Waals surface area contributed by atoms with E-state index in [2.05, 4.69) is 5.32 Å². The number of carboxylic acid groups (broad SMARTS) is 1. The van der Waals surface area contributed by atoms with E-state index in [0.29, 0.717) is 12.2 Å². The molecule has 0 radical (unpaired) electrons. The van der Waals surface area contributed by atoms with Crippen molar-refractivity contribution in [2.45, 2.75) is 36.8 Å². The van der Waals surface area contributed by atoms with Crippen LogP contribution in [-0.4, -0.2) is 48.4 Å². The normalized spacial score (nSPS) is 24.7. The average Bonchev–Trinajstić information content (AvgIpc) is 2.98. The predicted octanol–water partition coefficient (Wildman–Crippen LogP) is 0.644. The molecule has 2 aliphatic heterocycles. The van der Waals surface area contributed by atoms with E-state index >= 15 is 0 Å². The van der Waals surface area contributed by atoms with Crippen LogP contribution in [0.25, 0.3) is 0 Å². The van der Waals surface area contributed by atoms with Gasteiger partial charge in [-0.1, -0.05) is 0 Å². The highest BCUT2D eigenvalue weighted by molar-refractivity contribution is 7.89. The number of carbonyl (C=O) groups excluding carboxylic acids is 1. The zero-order valence-corrected chi connectivity index (χ0v) is 13.2. The van der Waals surface area contributed by atoms with Crippen LogP contribution in [0, 0.1) is 0 Å². The van der Waals surface area contributed by atoms with Crippen molar-refractivity contribution in [1.82, 2.24) is 4.31 Å². The molecule has 2 heterocycles. The number of nitrogens with one attached hydrogen (secondary N) is 1. The van der Waals surface area contributed by atoms with Crippen molar-refractivity contribution in [1.29, 1.82) is 0 Å². The molecule has 0 saturated carbocycles. The summed E-state index contributed by atoms with van der Waals surface area (Å²) in [5.74, 6) is -1.14. The van der Waals surface area contributed by atoms with Crippen molar-refractivity contribution >= 4 is 27.6 Å². The van der Waals surface area contributed by atoms with E-state index in [1.54, 1.807) is 6.92 Å². The maximum atomic E-state index is 12.7. The molecule has 0 unspecified atom stereocenters. The van der Waals surface area contributed by atoms with Crippen LogP contribution in [-0.2, 0) is 19.6 Å². The van der Waals surface area contributed by atoms with Crippen molar-refractivity contribution in [2.24, 2.45) is 0 Å². The molecule has 1 aromatic carbocycles. The molecule has 9 heteroatoms. The Kier molecular flexibility index (Phi) is 3.77. The number of rotatable bonds is 3. The second kappa shape index (κ2) is 5.50. The molecule has 0 aliphatic carbocycles. The molecule has 1 saturated heterocycles. The van der Waals surface area contributed by atoms with E-state index in [0.717, 1.165) is 4.31 Å². The van der Waals surface area contributed by atoms with Gasteiger partial charge in [-0.05, 0) is 38.0 Å². The third kappa shape index (κ3) is 2.66. The lowest BCUT2D eigenvalue weighted by Gasteiger charge is -2.25. The lowest BCUT2D eigenvalue weighted by atomic mass is 10.2. The number of hydrogen-bond donors (Lipinski definition) is 2. The molecule has 1 fully saturated rings. The van der Waals surface area contributed by atoms with Crippen molar-refractivity contribution in [3.63, 3.8) is 0 Å². The highest BCUT2D eigenvalue weighted by Gasteiger charge is 2.40. The number of amides is 1. The number of anilines is 1. The van der Waals surface area contributed by atoms with Gasteiger partial charge in [-0.25, -0.2) is 8.42 Å². The minimum absolute atomic E-state index is 0.0668. The third-order valence-corrected chi connectivity index (χ3v) is 5.88. The molecule has 23 heavy (non-hydrogen) atoms. The van der Waals surface area contributed by atoms with Gasteiger partial charge in [0.2, 0.25) is 10.0 Å². The lowest BCUT2D eigenvalue weighted by Crippen LogP contribution is -2.40. The second-order valence-electron chi connectivity index (χ2n) is 5.52. The number of fused-ring (bicyclic) bond motifs is 1. The van der Waals surface area contributed by atoms with E-state index in [-0.39, 0.29) is 29.5 Å². The molecular formula is C14H16N2O6S. The number of benzene rings is 1. The van der Waals surface area contributed by atoms with Gasteiger partial charge in [0, 0.05) is 6.54 Å². The van der Waals surface area contributed by atoms with Crippen LogP contribution >= 0.6 is 0 Å². The van der Waals surface area contributed by atoms with Gasteiger partial charge in [-0.2, -0.15) is 4.31 Å². The molecule has 2 N–H and O–H groups in total. The Bertz CT molecular complexity index is 775. The summed E-state index contributed by atoms with van der Waals surface area (Å²) in [5.41, 5.74) is 0.264. The summed E-state index contributed by atoms with van der Waals surface area (Å²) < 4.78 is 31.8. The molecule has 0 spiro atoms. The standard InChI is InChI=1S/C14H16N2O6S/c1-8-13(17)15-10-7-9(4-5-12(10)22-8)23(20,21)16-6-2-3-11(16)14(18)19/h4-5,7-8,11H,2-3,6H2,1H3,(H,15,17)(H,18,19)/t8-,11-/m1/s1. The molecule has 8 nitrogen and oxygen atoms in total. The van der Waals surface area contributed by atoms with Gasteiger partial charge in [0.15, 0.2) is 6.10 Å². The van der Waals surface area contributed by atoms with Gasteiger partial charge < -0.3 is 15.2 Å². The Labute approximate surface area is 133 Å². The van der Waals surface area contributed by atoms with Gasteiger partial charge in [-0.15, -0.1) is 0 Å². The quantitative estimate of drug-likeness (QED) is 0.835. The zero-order chi connectivity index (χ0) is 16.8. The summed E-state index contributed by atoms with van der Waals surface area (Å²) in [6, 6.07) is 3.06. The van der Waals surface area contributed by atoms with Crippen LogP contribution in [0.15, 0.2) is 23.1 Å². The van der Waals surface area contributed by atoms with Crippen LogP contribution < -0.4 is 10.1 Å². The Morgan fingerprint density at radius 1 is 1.43 bits per heavy atom. The SMILES string of the molecule is C[C@H]1Oc2ccc(S(=O)(=O)N3CCC[C@@H]3C(=O)O)cc2NC1=O. The molecule has 2 aliphatic rings. The maximum Gasteiger partial charge on any atom is 0.322 e. The minimum atomic E-state index is -3.95. The Morgan fingerprint density at radius 2 is 2.17 bits per heavy atom. The second-order valence-corrected chi connectivity index (χ2v) is 7.41. The molecule has 3 rings (SSSR count). The number of aliphatic carboxylic acids is 1. The molecule has 0 bridgehead atoms. The lowest BCUT2D eigenvalue weighted by molar-refractivity contribution is -0.140. The first kappa shape index (κ1) is 15.8. The summed E-state index contributed by atoms with van der Waals surface area (Å²) in [6.07, 6.45) is 0.134. The summed E-state index contributed by atoms with van der Waals surface area (Å²) in [7, 11) is -3.95. The first-order chi connectivity index (χ1) is 10.8. The fourth-order valence-electron chi connectivity index (χ4n) is 2.76. The van der Waals surface area contributed by atoms with Crippen LogP contribution in [0.3, 0.4) is 0 Å². The Hall–Kier alpha value is -2.13. The predicted molar refractivity (Wildman–Crippen MR) is 79.7 cm³/mol. The molecule has 124 valence electrons. The van der Waals surface area contributed by atoms with Crippen LogP contribution in [0.5, 0.6) is 5.75 Å². The zero-order valence-electron chi connectivity index (χ0n) is 12.4. The number of carbonyl (C=O) groups is 2. The molecule has 2 atom stereocenters. The maximum absolute atomic E-state index is 12.7. The highest BCUT2D eigenvalue weighted by atomic mass is 32.2. The van der Waals surface area contributed by atoms with Crippen molar-refractivity contribution in [3.05, 3.63) is 18.2 Å². The fourth-order valence-corrected chi connectivity index (χ4v) is 4.44. The largest absolute Gasteiger partial charge is 0.480 e. The van der Waals surface area contributed by atoms with E-state index in [1.165, 1.54) is 18.2 Å². The minimum Gasteiger partial charge on any atom is -0.480 e. The number of hydrogen-bond acceptors (Lipinski definition) is 5. The van der Waals surface area contributed by atoms with E-state index in [1.807, 2.05) is 0 Å². The number of ether oxygens (including phenoxy) is 1. The number of nitrogens with zero attached hydrogens (tertiary/aromatic N) is 1. The molecule has 1 amide bonds. The number of carboxylic acids is 1. The van der Waals surface area contributed by atoms with Crippen molar-refractivity contribution in [3.8, 4) is 5.75 Å². The highest BCUT2D eigenvalue weighted by Crippen LogP contribution is 2.34. The summed E-state index contributed by atoms with van der Waals surface area (Å²) in [5, 5.41) is 11.8. The smallest absolute Gasteiger partial charge is 0.322 e. The molecule has 0 aromatic heterocycles. The van der Waals surface area contributed by atoms with Gasteiger partial charge in [-0.3, -0.25) is 9.59 Å². The first-order valence-electron chi connectivity index (χ1n) is 7.17. The Balaban J connectivity index is 1.97. The number of sulfonamides is 1.